The minimum absolute atomic E-state index is 0.122. The van der Waals surface area contributed by atoms with Crippen molar-refractivity contribution in [2.75, 3.05) is 6.54 Å². The van der Waals surface area contributed by atoms with E-state index in [1.54, 1.807) is 29.4 Å². The molecule has 27 heavy (non-hydrogen) atoms. The number of halogens is 1. The molecule has 1 amide bonds. The van der Waals surface area contributed by atoms with Gasteiger partial charge in [-0.05, 0) is 48.2 Å². The van der Waals surface area contributed by atoms with Gasteiger partial charge in [0.25, 0.3) is 5.91 Å². The lowest BCUT2D eigenvalue weighted by Crippen LogP contribution is -2.32. The first-order chi connectivity index (χ1) is 12.9. The van der Waals surface area contributed by atoms with E-state index in [9.17, 15) is 9.59 Å². The summed E-state index contributed by atoms with van der Waals surface area (Å²) in [6.45, 7) is 6.43. The topological polar surface area (TPSA) is 63.4 Å². The van der Waals surface area contributed by atoms with E-state index < -0.39 is 6.04 Å². The largest absolute Gasteiger partial charge is 0.450 e. The first-order valence-electron chi connectivity index (χ1n) is 8.86. The molecule has 0 spiro atoms. The molecule has 0 fully saturated rings. The summed E-state index contributed by atoms with van der Waals surface area (Å²) in [5, 5.41) is 0.890. The minimum Gasteiger partial charge on any atom is -0.450 e. The van der Waals surface area contributed by atoms with Crippen molar-refractivity contribution < 1.29 is 9.21 Å². The number of fused-ring (bicyclic) bond motifs is 2. The van der Waals surface area contributed by atoms with E-state index >= 15 is 0 Å². The van der Waals surface area contributed by atoms with Gasteiger partial charge in [-0.25, -0.2) is 0 Å². The standard InChI is InChI=1S/C21H19ClN2O3/c1-11(2)10-24-18(13-4-6-23-7-5-13)17-19(25)14-9-15(22)12(3)8-16(14)27-20(17)21(24)26/h4-9,11,18H,10H2,1-3H3. The van der Waals surface area contributed by atoms with Gasteiger partial charge in [-0.2, -0.15) is 0 Å². The molecular weight excluding hydrogens is 364 g/mol. The number of aromatic nitrogens is 1. The third-order valence-electron chi connectivity index (χ3n) is 4.83. The van der Waals surface area contributed by atoms with Crippen LogP contribution in [0.3, 0.4) is 0 Å². The zero-order valence-electron chi connectivity index (χ0n) is 15.3. The van der Waals surface area contributed by atoms with Crippen molar-refractivity contribution in [1.29, 1.82) is 0 Å². The van der Waals surface area contributed by atoms with Crippen LogP contribution in [-0.2, 0) is 0 Å². The van der Waals surface area contributed by atoms with Crippen molar-refractivity contribution >= 4 is 28.5 Å². The highest BCUT2D eigenvalue weighted by atomic mass is 35.5. The Labute approximate surface area is 161 Å². The molecule has 2 aromatic heterocycles. The third-order valence-corrected chi connectivity index (χ3v) is 5.24. The lowest BCUT2D eigenvalue weighted by molar-refractivity contribution is 0.0706. The number of benzene rings is 1. The van der Waals surface area contributed by atoms with Crippen LogP contribution in [0.1, 0.15) is 47.1 Å². The summed E-state index contributed by atoms with van der Waals surface area (Å²) >= 11 is 6.22. The number of carbonyl (C=O) groups is 1. The van der Waals surface area contributed by atoms with Crippen LogP contribution < -0.4 is 5.43 Å². The van der Waals surface area contributed by atoms with Crippen LogP contribution in [0, 0.1) is 12.8 Å². The van der Waals surface area contributed by atoms with Crippen molar-refractivity contribution in [2.24, 2.45) is 5.92 Å². The molecule has 0 N–H and O–H groups in total. The molecule has 0 saturated carbocycles. The van der Waals surface area contributed by atoms with Crippen molar-refractivity contribution in [3.63, 3.8) is 0 Å². The second-order valence-corrected chi connectivity index (χ2v) is 7.71. The average molecular weight is 383 g/mol. The molecule has 1 aromatic carbocycles. The predicted octanol–water partition coefficient (Wildman–Crippen LogP) is 4.35. The Bertz CT molecular complexity index is 1110. The van der Waals surface area contributed by atoms with Gasteiger partial charge in [-0.1, -0.05) is 25.4 Å². The molecular formula is C21H19ClN2O3. The molecule has 0 saturated heterocycles. The first kappa shape index (κ1) is 17.7. The van der Waals surface area contributed by atoms with Gasteiger partial charge in [0, 0.05) is 24.0 Å². The van der Waals surface area contributed by atoms with Gasteiger partial charge >= 0.3 is 0 Å². The van der Waals surface area contributed by atoms with E-state index in [0.29, 0.717) is 28.1 Å². The molecule has 5 nitrogen and oxygen atoms in total. The summed E-state index contributed by atoms with van der Waals surface area (Å²) in [6.07, 6.45) is 3.32. The Balaban J connectivity index is 2.02. The molecule has 1 aliphatic heterocycles. The van der Waals surface area contributed by atoms with Gasteiger partial charge in [0.05, 0.1) is 17.0 Å². The fraction of sp³-hybridized carbons (Fsp3) is 0.286. The van der Waals surface area contributed by atoms with Crippen LogP contribution in [0.4, 0.5) is 0 Å². The Morgan fingerprint density at radius 2 is 1.93 bits per heavy atom. The van der Waals surface area contributed by atoms with E-state index in [1.807, 2.05) is 32.9 Å². The molecule has 1 aliphatic rings. The Morgan fingerprint density at radius 1 is 1.22 bits per heavy atom. The minimum atomic E-state index is -0.487. The van der Waals surface area contributed by atoms with Crippen molar-refractivity contribution in [3.8, 4) is 0 Å². The molecule has 3 aromatic rings. The smallest absolute Gasteiger partial charge is 0.290 e. The number of hydrogen-bond donors (Lipinski definition) is 0. The first-order valence-corrected chi connectivity index (χ1v) is 9.24. The van der Waals surface area contributed by atoms with E-state index in [4.69, 9.17) is 16.0 Å². The average Bonchev–Trinajstić information content (AvgIpc) is 2.90. The number of rotatable bonds is 3. The lowest BCUT2D eigenvalue weighted by Gasteiger charge is -2.26. The second-order valence-electron chi connectivity index (χ2n) is 7.31. The normalized spacial score (nSPS) is 16.4. The van der Waals surface area contributed by atoms with Crippen molar-refractivity contribution in [1.82, 2.24) is 9.88 Å². The molecule has 3 heterocycles. The summed E-state index contributed by atoms with van der Waals surface area (Å²) in [4.78, 5) is 32.2. The predicted molar refractivity (Wildman–Crippen MR) is 104 cm³/mol. The Morgan fingerprint density at radius 3 is 2.59 bits per heavy atom. The number of pyridine rings is 1. The number of hydrogen-bond acceptors (Lipinski definition) is 4. The van der Waals surface area contributed by atoms with Crippen molar-refractivity contribution in [3.05, 3.63) is 74.4 Å². The van der Waals surface area contributed by atoms with Gasteiger partial charge in [0.15, 0.2) is 5.43 Å². The highest BCUT2D eigenvalue weighted by Gasteiger charge is 2.42. The van der Waals surface area contributed by atoms with Crippen molar-refractivity contribution in [2.45, 2.75) is 26.8 Å². The summed E-state index contributed by atoms with van der Waals surface area (Å²) in [6, 6.07) is 6.49. The fourth-order valence-electron chi connectivity index (χ4n) is 3.61. The lowest BCUT2D eigenvalue weighted by atomic mass is 9.98. The van der Waals surface area contributed by atoms with E-state index in [0.717, 1.165) is 11.1 Å². The fourth-order valence-corrected chi connectivity index (χ4v) is 3.78. The molecule has 0 aliphatic carbocycles. The molecule has 0 bridgehead atoms. The maximum Gasteiger partial charge on any atom is 0.290 e. The van der Waals surface area contributed by atoms with Gasteiger partial charge in [-0.15, -0.1) is 0 Å². The summed E-state index contributed by atoms with van der Waals surface area (Å²) < 4.78 is 5.93. The van der Waals surface area contributed by atoms with Crippen LogP contribution in [0.5, 0.6) is 0 Å². The summed E-state index contributed by atoms with van der Waals surface area (Å²) in [5.41, 5.74) is 2.17. The molecule has 4 rings (SSSR count). The SMILES string of the molecule is Cc1cc2oc3c(c(=O)c2cc1Cl)C(c1ccncc1)N(CC(C)C)C3=O. The molecule has 138 valence electrons. The van der Waals surface area contributed by atoms with Crippen LogP contribution in [-0.4, -0.2) is 22.3 Å². The van der Waals surface area contributed by atoms with Gasteiger partial charge in [0.1, 0.15) is 5.58 Å². The highest BCUT2D eigenvalue weighted by molar-refractivity contribution is 6.32. The monoisotopic (exact) mass is 382 g/mol. The zero-order chi connectivity index (χ0) is 19.3. The molecule has 1 unspecified atom stereocenters. The quantitative estimate of drug-likeness (QED) is 0.675. The second kappa shape index (κ2) is 6.50. The molecule has 6 heteroatoms. The molecule has 1 atom stereocenters. The van der Waals surface area contributed by atoms with Gasteiger partial charge < -0.3 is 9.32 Å². The Hall–Kier alpha value is -2.66. The number of aryl methyl sites for hydroxylation is 1. The number of amides is 1. The van der Waals surface area contributed by atoms with Crippen LogP contribution in [0.15, 0.2) is 45.9 Å². The van der Waals surface area contributed by atoms with E-state index in [-0.39, 0.29) is 23.0 Å². The third kappa shape index (κ3) is 2.82. The maximum absolute atomic E-state index is 13.3. The van der Waals surface area contributed by atoms with Crippen LogP contribution in [0.2, 0.25) is 5.02 Å². The number of carbonyl (C=O) groups excluding carboxylic acids is 1. The van der Waals surface area contributed by atoms with E-state index in [2.05, 4.69) is 4.98 Å². The zero-order valence-corrected chi connectivity index (χ0v) is 16.1. The van der Waals surface area contributed by atoms with Crippen LogP contribution >= 0.6 is 11.6 Å². The number of nitrogens with zero attached hydrogens (tertiary/aromatic N) is 2. The maximum atomic E-state index is 13.3. The van der Waals surface area contributed by atoms with Gasteiger partial charge in [-0.3, -0.25) is 14.6 Å². The van der Waals surface area contributed by atoms with Crippen LogP contribution in [0.25, 0.3) is 11.0 Å². The molecule has 0 radical (unpaired) electrons. The van der Waals surface area contributed by atoms with Gasteiger partial charge in [0.2, 0.25) is 5.76 Å². The Kier molecular flexibility index (Phi) is 4.27. The highest BCUT2D eigenvalue weighted by Crippen LogP contribution is 2.38. The van der Waals surface area contributed by atoms with E-state index in [1.165, 1.54) is 0 Å². The summed E-state index contributed by atoms with van der Waals surface area (Å²) in [7, 11) is 0. The summed E-state index contributed by atoms with van der Waals surface area (Å²) in [5.74, 6) is 0.109.